The van der Waals surface area contributed by atoms with Gasteiger partial charge in [-0.2, -0.15) is 0 Å². The Morgan fingerprint density at radius 1 is 1.37 bits per heavy atom. The molecule has 0 radical (unpaired) electrons. The summed E-state index contributed by atoms with van der Waals surface area (Å²) >= 11 is 0. The second kappa shape index (κ2) is 5.57. The van der Waals surface area contributed by atoms with Gasteiger partial charge in [-0.15, -0.1) is 0 Å². The molecule has 5 heteroatoms. The van der Waals surface area contributed by atoms with Crippen LogP contribution < -0.4 is 4.90 Å². The van der Waals surface area contributed by atoms with Gasteiger partial charge >= 0.3 is 5.97 Å². The molecular formula is C14H21N3O2. The number of anilines is 1. The van der Waals surface area contributed by atoms with Crippen molar-refractivity contribution >= 4 is 11.8 Å². The zero-order valence-corrected chi connectivity index (χ0v) is 11.7. The molecule has 1 aromatic rings. The van der Waals surface area contributed by atoms with Crippen molar-refractivity contribution in [3.63, 3.8) is 0 Å². The second-order valence-corrected chi connectivity index (χ2v) is 5.12. The molecule has 5 nitrogen and oxygen atoms in total. The molecule has 104 valence electrons. The summed E-state index contributed by atoms with van der Waals surface area (Å²) in [6, 6.07) is 5.97. The Kier molecular flexibility index (Phi) is 4.04. The Morgan fingerprint density at radius 2 is 2.11 bits per heavy atom. The van der Waals surface area contributed by atoms with E-state index < -0.39 is 5.97 Å². The number of likely N-dealkylation sites (N-methyl/N-ethyl adjacent to an activating group) is 1. The van der Waals surface area contributed by atoms with Crippen LogP contribution in [0.5, 0.6) is 0 Å². The van der Waals surface area contributed by atoms with Crippen LogP contribution in [0.4, 0.5) is 5.82 Å². The van der Waals surface area contributed by atoms with E-state index >= 15 is 0 Å². The third kappa shape index (κ3) is 2.87. The SMILES string of the molecule is CCN1CC(C)N(c2cccc(C(=O)O)n2)CC1C. The van der Waals surface area contributed by atoms with Gasteiger partial charge in [0.15, 0.2) is 5.69 Å². The van der Waals surface area contributed by atoms with Crippen molar-refractivity contribution in [2.24, 2.45) is 0 Å². The van der Waals surface area contributed by atoms with Crippen LogP contribution in [0.3, 0.4) is 0 Å². The summed E-state index contributed by atoms with van der Waals surface area (Å²) in [4.78, 5) is 19.9. The molecule has 1 aliphatic heterocycles. The fourth-order valence-electron chi connectivity index (χ4n) is 2.66. The van der Waals surface area contributed by atoms with E-state index in [1.165, 1.54) is 6.07 Å². The van der Waals surface area contributed by atoms with E-state index in [-0.39, 0.29) is 5.69 Å². The van der Waals surface area contributed by atoms with Crippen molar-refractivity contribution in [3.05, 3.63) is 23.9 Å². The molecule has 0 saturated carbocycles. The van der Waals surface area contributed by atoms with Gasteiger partial charge < -0.3 is 10.0 Å². The molecule has 2 rings (SSSR count). The van der Waals surface area contributed by atoms with Crippen LogP contribution in [0, 0.1) is 0 Å². The van der Waals surface area contributed by atoms with Crippen molar-refractivity contribution in [2.75, 3.05) is 24.5 Å². The normalized spacial score (nSPS) is 24.5. The highest BCUT2D eigenvalue weighted by molar-refractivity contribution is 5.85. The molecule has 2 atom stereocenters. The summed E-state index contributed by atoms with van der Waals surface area (Å²) in [6.07, 6.45) is 0. The molecule has 1 aliphatic rings. The van der Waals surface area contributed by atoms with Gasteiger partial charge in [0.05, 0.1) is 0 Å². The quantitative estimate of drug-likeness (QED) is 0.899. The number of nitrogens with zero attached hydrogens (tertiary/aromatic N) is 3. The molecule has 1 saturated heterocycles. The number of piperazine rings is 1. The maximum atomic E-state index is 11.0. The summed E-state index contributed by atoms with van der Waals surface area (Å²) in [5, 5.41) is 9.02. The van der Waals surface area contributed by atoms with Crippen molar-refractivity contribution in [1.82, 2.24) is 9.88 Å². The number of carbonyl (C=O) groups is 1. The van der Waals surface area contributed by atoms with E-state index in [1.54, 1.807) is 6.07 Å². The summed E-state index contributed by atoms with van der Waals surface area (Å²) in [7, 11) is 0. The van der Waals surface area contributed by atoms with Crippen LogP contribution in [-0.2, 0) is 0 Å². The molecule has 0 bridgehead atoms. The van der Waals surface area contributed by atoms with Gasteiger partial charge in [0.2, 0.25) is 0 Å². The summed E-state index contributed by atoms with van der Waals surface area (Å²) in [5.41, 5.74) is 0.107. The summed E-state index contributed by atoms with van der Waals surface area (Å²) in [5.74, 6) is -0.218. The third-order valence-corrected chi connectivity index (χ3v) is 3.77. The smallest absolute Gasteiger partial charge is 0.354 e. The minimum Gasteiger partial charge on any atom is -0.477 e. The largest absolute Gasteiger partial charge is 0.477 e. The number of carboxylic acids is 1. The van der Waals surface area contributed by atoms with Gasteiger partial charge in [0.25, 0.3) is 0 Å². The Balaban J connectivity index is 2.22. The lowest BCUT2D eigenvalue weighted by molar-refractivity contribution is 0.0690. The first kappa shape index (κ1) is 13.8. The molecule has 1 N–H and O–H groups in total. The number of rotatable bonds is 3. The number of pyridine rings is 1. The molecule has 0 spiro atoms. The zero-order chi connectivity index (χ0) is 14.0. The van der Waals surface area contributed by atoms with E-state index in [0.717, 1.165) is 25.5 Å². The Hall–Kier alpha value is -1.62. The van der Waals surface area contributed by atoms with E-state index in [9.17, 15) is 4.79 Å². The van der Waals surface area contributed by atoms with Crippen LogP contribution in [0.15, 0.2) is 18.2 Å². The average Bonchev–Trinajstić information content (AvgIpc) is 2.41. The fraction of sp³-hybridized carbons (Fsp3) is 0.571. The number of carboxylic acid groups (broad SMARTS) is 1. The number of aromatic carboxylic acids is 1. The highest BCUT2D eigenvalue weighted by atomic mass is 16.4. The van der Waals surface area contributed by atoms with Crippen molar-refractivity contribution < 1.29 is 9.90 Å². The molecule has 0 aromatic carbocycles. The van der Waals surface area contributed by atoms with E-state index in [4.69, 9.17) is 5.11 Å². The first-order chi connectivity index (χ1) is 9.02. The maximum absolute atomic E-state index is 11.0. The zero-order valence-electron chi connectivity index (χ0n) is 11.7. The molecule has 0 aliphatic carbocycles. The molecule has 1 fully saturated rings. The van der Waals surface area contributed by atoms with Gasteiger partial charge in [-0.05, 0) is 32.5 Å². The van der Waals surface area contributed by atoms with Crippen LogP contribution in [0.2, 0.25) is 0 Å². The minimum atomic E-state index is -0.977. The highest BCUT2D eigenvalue weighted by Crippen LogP contribution is 2.21. The standard InChI is InChI=1S/C14H21N3O2/c1-4-16-8-11(3)17(9-10(16)2)13-7-5-6-12(15-13)14(18)19/h5-7,10-11H,4,8-9H2,1-3H3,(H,18,19). The summed E-state index contributed by atoms with van der Waals surface area (Å²) in [6.45, 7) is 9.43. The van der Waals surface area contributed by atoms with E-state index in [2.05, 4.69) is 35.6 Å². The first-order valence-electron chi connectivity index (χ1n) is 6.74. The van der Waals surface area contributed by atoms with Gasteiger partial charge in [0.1, 0.15) is 5.82 Å². The van der Waals surface area contributed by atoms with Crippen molar-refractivity contribution in [2.45, 2.75) is 32.9 Å². The monoisotopic (exact) mass is 263 g/mol. The van der Waals surface area contributed by atoms with Gasteiger partial charge in [-0.3, -0.25) is 4.90 Å². The maximum Gasteiger partial charge on any atom is 0.354 e. The Labute approximate surface area is 113 Å². The van der Waals surface area contributed by atoms with Gasteiger partial charge in [-0.25, -0.2) is 9.78 Å². The second-order valence-electron chi connectivity index (χ2n) is 5.12. The first-order valence-corrected chi connectivity index (χ1v) is 6.74. The molecule has 0 amide bonds. The Bertz CT molecular complexity index is 464. The minimum absolute atomic E-state index is 0.107. The van der Waals surface area contributed by atoms with Crippen molar-refractivity contribution in [3.8, 4) is 0 Å². The molecule has 2 heterocycles. The number of hydrogen-bond donors (Lipinski definition) is 1. The van der Waals surface area contributed by atoms with Gasteiger partial charge in [0, 0.05) is 25.2 Å². The lowest BCUT2D eigenvalue weighted by atomic mass is 10.1. The topological polar surface area (TPSA) is 56.7 Å². The predicted octanol–water partition coefficient (Wildman–Crippen LogP) is 1.70. The highest BCUT2D eigenvalue weighted by Gasteiger charge is 2.28. The van der Waals surface area contributed by atoms with Crippen molar-refractivity contribution in [1.29, 1.82) is 0 Å². The van der Waals surface area contributed by atoms with Crippen LogP contribution in [-0.4, -0.2) is 52.7 Å². The lowest BCUT2D eigenvalue weighted by Gasteiger charge is -2.44. The average molecular weight is 263 g/mol. The predicted molar refractivity (Wildman–Crippen MR) is 74.7 cm³/mol. The fourth-order valence-corrected chi connectivity index (χ4v) is 2.66. The molecular weight excluding hydrogens is 242 g/mol. The van der Waals surface area contributed by atoms with Gasteiger partial charge in [-0.1, -0.05) is 13.0 Å². The van der Waals surface area contributed by atoms with Crippen LogP contribution in [0.1, 0.15) is 31.3 Å². The molecule has 19 heavy (non-hydrogen) atoms. The lowest BCUT2D eigenvalue weighted by Crippen LogP contribution is -2.56. The third-order valence-electron chi connectivity index (χ3n) is 3.77. The van der Waals surface area contributed by atoms with E-state index in [1.807, 2.05) is 6.07 Å². The Morgan fingerprint density at radius 3 is 2.74 bits per heavy atom. The number of hydrogen-bond acceptors (Lipinski definition) is 4. The molecule has 1 aromatic heterocycles. The number of aromatic nitrogens is 1. The summed E-state index contributed by atoms with van der Waals surface area (Å²) < 4.78 is 0. The molecule has 2 unspecified atom stereocenters. The van der Waals surface area contributed by atoms with Crippen LogP contribution >= 0.6 is 0 Å². The van der Waals surface area contributed by atoms with E-state index in [0.29, 0.717) is 12.1 Å². The van der Waals surface area contributed by atoms with Crippen LogP contribution in [0.25, 0.3) is 0 Å².